The Kier molecular flexibility index (Phi) is 11.3. The van der Waals surface area contributed by atoms with Crippen LogP contribution in [-0.4, -0.2) is 35.7 Å². The molecule has 0 spiro atoms. The molecule has 0 fully saturated rings. The van der Waals surface area contributed by atoms with Gasteiger partial charge >= 0.3 is 21.0 Å². The van der Waals surface area contributed by atoms with Gasteiger partial charge in [-0.2, -0.15) is 0 Å². The molecule has 0 aliphatic carbocycles. The summed E-state index contributed by atoms with van der Waals surface area (Å²) >= 11 is 1.06. The predicted octanol–water partition coefficient (Wildman–Crippen LogP) is 7.70. The van der Waals surface area contributed by atoms with Gasteiger partial charge in [-0.15, -0.1) is 0 Å². The maximum absolute atomic E-state index is 10.9. The number of aromatic hydroxyl groups is 2. The van der Waals surface area contributed by atoms with Crippen molar-refractivity contribution in [3.05, 3.63) is 57.6 Å². The van der Waals surface area contributed by atoms with E-state index >= 15 is 0 Å². The van der Waals surface area contributed by atoms with E-state index < -0.39 is 0 Å². The quantitative estimate of drug-likeness (QED) is 0.291. The first-order valence-corrected chi connectivity index (χ1v) is 13.7. The zero-order valence-electron chi connectivity index (χ0n) is 25.5. The van der Waals surface area contributed by atoms with Crippen LogP contribution in [0.5, 0.6) is 11.5 Å². The third kappa shape index (κ3) is 9.20. The van der Waals surface area contributed by atoms with Gasteiger partial charge in [-0.05, 0) is 44.9 Å². The second-order valence-electron chi connectivity index (χ2n) is 14.0. The Balaban J connectivity index is 0.00000352. The summed E-state index contributed by atoms with van der Waals surface area (Å²) in [5, 5.41) is 21.9. The molecule has 0 saturated carbocycles. The average Bonchev–Trinajstić information content (AvgIpc) is 2.76. The van der Waals surface area contributed by atoms with Gasteiger partial charge in [-0.25, -0.2) is 0 Å². The van der Waals surface area contributed by atoms with Crippen LogP contribution in [0.15, 0.2) is 34.3 Å². The average molecular weight is 560 g/mol. The van der Waals surface area contributed by atoms with Crippen LogP contribution in [0.2, 0.25) is 0 Å². The summed E-state index contributed by atoms with van der Waals surface area (Å²) in [6.07, 6.45) is 3.51. The van der Waals surface area contributed by atoms with E-state index in [0.29, 0.717) is 24.6 Å². The van der Waals surface area contributed by atoms with Crippen molar-refractivity contribution in [2.45, 2.75) is 105 Å². The summed E-state index contributed by atoms with van der Waals surface area (Å²) < 4.78 is 8.19. The molecule has 2 aromatic carbocycles. The van der Waals surface area contributed by atoms with E-state index in [-0.39, 0.29) is 21.7 Å². The first kappa shape index (κ1) is 33.8. The molecular formula is C32H48N2O3V. The molecule has 0 aromatic heterocycles. The van der Waals surface area contributed by atoms with Gasteiger partial charge in [0, 0.05) is 34.7 Å². The van der Waals surface area contributed by atoms with Crippen molar-refractivity contribution < 1.29 is 31.3 Å². The first-order chi connectivity index (χ1) is 17.2. The van der Waals surface area contributed by atoms with Crippen molar-refractivity contribution in [2.24, 2.45) is 9.98 Å². The van der Waals surface area contributed by atoms with Crippen molar-refractivity contribution in [2.75, 3.05) is 13.1 Å². The predicted molar refractivity (Wildman–Crippen MR) is 157 cm³/mol. The van der Waals surface area contributed by atoms with E-state index in [4.69, 9.17) is 3.67 Å². The van der Waals surface area contributed by atoms with Crippen molar-refractivity contribution in [3.63, 3.8) is 0 Å². The molecule has 209 valence electrons. The fourth-order valence-corrected chi connectivity index (χ4v) is 3.96. The van der Waals surface area contributed by atoms with Gasteiger partial charge in [-0.3, -0.25) is 9.98 Å². The van der Waals surface area contributed by atoms with E-state index in [1.165, 1.54) is 11.1 Å². The Bertz CT molecular complexity index is 1060. The zero-order chi connectivity index (χ0) is 29.7. The minimum absolute atomic E-state index is 0.0317. The third-order valence-corrected chi connectivity index (χ3v) is 6.45. The van der Waals surface area contributed by atoms with E-state index in [9.17, 15) is 10.2 Å². The second-order valence-corrected chi connectivity index (χ2v) is 14.0. The summed E-state index contributed by atoms with van der Waals surface area (Å²) in [6, 6.07) is 8.28. The number of rotatable bonds is 5. The van der Waals surface area contributed by atoms with Gasteiger partial charge in [0.15, 0.2) is 0 Å². The zero-order valence-corrected chi connectivity index (χ0v) is 26.9. The van der Waals surface area contributed by atoms with Crippen LogP contribution in [0.1, 0.15) is 116 Å². The molecule has 0 radical (unpaired) electrons. The summed E-state index contributed by atoms with van der Waals surface area (Å²) in [6.45, 7) is 26.7. The Morgan fingerprint density at radius 3 is 1.11 bits per heavy atom. The molecule has 0 aliphatic rings. The monoisotopic (exact) mass is 559 g/mol. The van der Waals surface area contributed by atoms with Crippen molar-refractivity contribution >= 4 is 12.4 Å². The van der Waals surface area contributed by atoms with Gasteiger partial charge in [0.1, 0.15) is 11.5 Å². The van der Waals surface area contributed by atoms with E-state index in [2.05, 4.69) is 105 Å². The van der Waals surface area contributed by atoms with Gasteiger partial charge in [0.05, 0.1) is 13.1 Å². The van der Waals surface area contributed by atoms with Gasteiger partial charge in [-0.1, -0.05) is 95.2 Å². The molecule has 0 unspecified atom stereocenters. The Morgan fingerprint density at radius 1 is 0.579 bits per heavy atom. The van der Waals surface area contributed by atoms with Crippen LogP contribution in [0.3, 0.4) is 0 Å². The molecule has 0 heterocycles. The number of nitrogens with zero attached hydrogens (tertiary/aromatic N) is 2. The standard InChI is InChI=1S/C32H48N2O2.O.V/c1-29(2,3)23-15-21(27(35)25(17-23)31(7,8)9)19-33-13-14-34-20-22-16-24(30(4,5)6)18-26(28(22)36)32(10,11)12;;/h15-20,35-36H,13-14H2,1-12H3;;. The van der Waals surface area contributed by atoms with Crippen LogP contribution >= 0.6 is 0 Å². The number of phenols is 2. The number of phenolic OH excluding ortho intramolecular Hbond substituents is 2. The minimum atomic E-state index is -0.173. The molecule has 5 nitrogen and oxygen atoms in total. The van der Waals surface area contributed by atoms with Crippen LogP contribution in [0.4, 0.5) is 0 Å². The molecule has 0 atom stereocenters. The first-order valence-electron chi connectivity index (χ1n) is 13.2. The molecule has 0 saturated heterocycles. The molecule has 38 heavy (non-hydrogen) atoms. The summed E-state index contributed by atoms with van der Waals surface area (Å²) in [4.78, 5) is 9.11. The molecule has 0 aliphatic heterocycles. The molecular weight excluding hydrogens is 511 g/mol. The van der Waals surface area contributed by atoms with Crippen LogP contribution in [0, 0.1) is 0 Å². The third-order valence-electron chi connectivity index (χ3n) is 6.45. The SMILES string of the molecule is CC(C)(C)c1cc(C=NCCN=Cc2cc(C(C)(C)C)cc(C(C)(C)C)c2O)c(O)c(C(C)(C)C)c1.[O]=[V]. The summed E-state index contributed by atoms with van der Waals surface area (Å²) in [5.74, 6) is 0.586. The molecule has 2 aromatic rings. The van der Waals surface area contributed by atoms with Crippen molar-refractivity contribution in [1.82, 2.24) is 0 Å². The van der Waals surface area contributed by atoms with E-state index in [1.807, 2.05) is 12.1 Å². The molecule has 2 rings (SSSR count). The van der Waals surface area contributed by atoms with Crippen molar-refractivity contribution in [3.8, 4) is 11.5 Å². The van der Waals surface area contributed by atoms with Gasteiger partial charge < -0.3 is 10.2 Å². The van der Waals surface area contributed by atoms with Crippen molar-refractivity contribution in [1.29, 1.82) is 0 Å². The fourth-order valence-electron chi connectivity index (χ4n) is 3.96. The summed E-state index contributed by atoms with van der Waals surface area (Å²) in [5.41, 5.74) is 5.27. The number of aliphatic imine (C=N–C) groups is 2. The van der Waals surface area contributed by atoms with Crippen LogP contribution in [0.25, 0.3) is 0 Å². The Labute approximate surface area is 240 Å². The van der Waals surface area contributed by atoms with Crippen LogP contribution < -0.4 is 0 Å². The number of benzene rings is 2. The van der Waals surface area contributed by atoms with Gasteiger partial charge in [0.25, 0.3) is 0 Å². The molecule has 0 amide bonds. The molecule has 2 N–H and O–H groups in total. The molecule has 0 bridgehead atoms. The number of hydrogen-bond donors (Lipinski definition) is 2. The second kappa shape index (κ2) is 12.7. The van der Waals surface area contributed by atoms with E-state index in [0.717, 1.165) is 39.6 Å². The maximum atomic E-state index is 10.9. The van der Waals surface area contributed by atoms with E-state index in [1.54, 1.807) is 12.4 Å². The number of hydrogen-bond acceptors (Lipinski definition) is 5. The van der Waals surface area contributed by atoms with Gasteiger partial charge in [0.2, 0.25) is 0 Å². The van der Waals surface area contributed by atoms with Crippen LogP contribution in [-0.2, 0) is 42.7 Å². The fraction of sp³-hybridized carbons (Fsp3) is 0.562. The Morgan fingerprint density at radius 2 is 0.868 bits per heavy atom. The normalized spacial score (nSPS) is 13.1. The molecule has 6 heteroatoms. The Hall–Kier alpha value is -2.24. The summed E-state index contributed by atoms with van der Waals surface area (Å²) in [7, 11) is 0. The topological polar surface area (TPSA) is 82.2 Å².